The average Bonchev–Trinajstić information content (AvgIpc) is 3.26. The van der Waals surface area contributed by atoms with Crippen LogP contribution in [-0.2, 0) is 9.59 Å². The van der Waals surface area contributed by atoms with Gasteiger partial charge in [0.1, 0.15) is 5.75 Å². The van der Waals surface area contributed by atoms with Crippen LogP contribution in [0.15, 0.2) is 51.6 Å². The minimum absolute atomic E-state index is 0.180. The summed E-state index contributed by atoms with van der Waals surface area (Å²) in [5.41, 5.74) is 4.85. The van der Waals surface area contributed by atoms with Crippen molar-refractivity contribution >= 4 is 33.7 Å². The minimum atomic E-state index is -0.780. The van der Waals surface area contributed by atoms with E-state index in [0.717, 1.165) is 4.47 Å². The van der Waals surface area contributed by atoms with Gasteiger partial charge in [0.15, 0.2) is 11.9 Å². The van der Waals surface area contributed by atoms with Gasteiger partial charge in [0.2, 0.25) is 5.91 Å². The van der Waals surface area contributed by atoms with Crippen LogP contribution in [0.5, 0.6) is 5.75 Å². The van der Waals surface area contributed by atoms with Crippen LogP contribution in [0.2, 0.25) is 0 Å². The van der Waals surface area contributed by atoms with Crippen LogP contribution in [0, 0.1) is 5.92 Å². The molecule has 1 fully saturated rings. The van der Waals surface area contributed by atoms with E-state index < -0.39 is 12.0 Å². The predicted octanol–water partition coefficient (Wildman–Crippen LogP) is 2.51. The van der Waals surface area contributed by atoms with Crippen LogP contribution in [0.25, 0.3) is 0 Å². The first-order valence-electron chi connectivity index (χ1n) is 9.28. The molecule has 2 N–H and O–H groups in total. The molecule has 9 heteroatoms. The number of piperidine rings is 1. The molecule has 1 unspecified atom stereocenters. The van der Waals surface area contributed by atoms with Crippen LogP contribution in [-0.4, -0.2) is 41.8 Å². The van der Waals surface area contributed by atoms with Crippen LogP contribution < -0.4 is 15.6 Å². The van der Waals surface area contributed by atoms with E-state index in [0.29, 0.717) is 37.4 Å². The number of hydrogen-bond donors (Lipinski definition) is 2. The van der Waals surface area contributed by atoms with E-state index in [9.17, 15) is 14.4 Å². The summed E-state index contributed by atoms with van der Waals surface area (Å²) in [5.74, 6) is -0.360. The molecule has 3 rings (SSSR count). The fourth-order valence-corrected chi connectivity index (χ4v) is 3.40. The molecule has 2 aromatic rings. The molecular weight excluding hydrogens is 442 g/mol. The minimum Gasteiger partial charge on any atom is -0.481 e. The molecule has 0 bridgehead atoms. The zero-order chi connectivity index (χ0) is 20.8. The second-order valence-corrected chi connectivity index (χ2v) is 7.66. The van der Waals surface area contributed by atoms with Crippen molar-refractivity contribution in [2.75, 3.05) is 13.1 Å². The molecule has 0 radical (unpaired) electrons. The molecule has 1 aromatic heterocycles. The number of nitrogens with one attached hydrogen (secondary N) is 2. The number of likely N-dealkylation sites (tertiary alicyclic amines) is 1. The average molecular weight is 464 g/mol. The maximum atomic E-state index is 12.3. The summed E-state index contributed by atoms with van der Waals surface area (Å²) in [4.78, 5) is 38.4. The van der Waals surface area contributed by atoms with Gasteiger partial charge in [-0.1, -0.05) is 22.0 Å². The number of rotatable bonds is 5. The van der Waals surface area contributed by atoms with Crippen molar-refractivity contribution in [1.82, 2.24) is 15.8 Å². The Balaban J connectivity index is 1.41. The highest BCUT2D eigenvalue weighted by Crippen LogP contribution is 2.20. The van der Waals surface area contributed by atoms with E-state index in [4.69, 9.17) is 9.15 Å². The lowest BCUT2D eigenvalue weighted by molar-refractivity contribution is -0.134. The lowest BCUT2D eigenvalue weighted by atomic mass is 9.96. The van der Waals surface area contributed by atoms with Crippen LogP contribution >= 0.6 is 15.9 Å². The maximum Gasteiger partial charge on any atom is 0.289 e. The van der Waals surface area contributed by atoms with Crippen molar-refractivity contribution in [2.24, 2.45) is 5.92 Å². The van der Waals surface area contributed by atoms with E-state index >= 15 is 0 Å². The van der Waals surface area contributed by atoms with Crippen molar-refractivity contribution in [3.63, 3.8) is 0 Å². The largest absolute Gasteiger partial charge is 0.481 e. The van der Waals surface area contributed by atoms with E-state index in [1.54, 1.807) is 42.2 Å². The van der Waals surface area contributed by atoms with Gasteiger partial charge in [-0.2, -0.15) is 0 Å². The molecule has 8 nitrogen and oxygen atoms in total. The van der Waals surface area contributed by atoms with Gasteiger partial charge >= 0.3 is 0 Å². The number of carbonyl (C=O) groups excluding carboxylic acids is 3. The number of hydrogen-bond acceptors (Lipinski definition) is 5. The fourth-order valence-electron chi connectivity index (χ4n) is 3.03. The summed E-state index contributed by atoms with van der Waals surface area (Å²) in [7, 11) is 0. The Morgan fingerprint density at radius 3 is 2.59 bits per heavy atom. The molecular formula is C20H22BrN3O5. The number of amides is 3. The lowest BCUT2D eigenvalue weighted by Gasteiger charge is -2.30. The molecule has 0 spiro atoms. The molecule has 0 saturated carbocycles. The third kappa shape index (κ3) is 5.60. The van der Waals surface area contributed by atoms with Crippen LogP contribution in [0.4, 0.5) is 0 Å². The number of halogens is 1. The summed E-state index contributed by atoms with van der Waals surface area (Å²) in [5, 5.41) is 0. The monoisotopic (exact) mass is 463 g/mol. The Hall–Kier alpha value is -2.81. The summed E-state index contributed by atoms with van der Waals surface area (Å²) >= 11 is 3.34. The van der Waals surface area contributed by atoms with E-state index in [1.165, 1.54) is 6.26 Å². The van der Waals surface area contributed by atoms with Gasteiger partial charge in [0, 0.05) is 23.5 Å². The van der Waals surface area contributed by atoms with Gasteiger partial charge in [-0.05, 0) is 50.1 Å². The Morgan fingerprint density at radius 1 is 1.17 bits per heavy atom. The molecule has 1 aliphatic rings. The second-order valence-electron chi connectivity index (χ2n) is 6.74. The zero-order valence-corrected chi connectivity index (χ0v) is 17.5. The number of nitrogens with zero attached hydrogens (tertiary/aromatic N) is 1. The van der Waals surface area contributed by atoms with Gasteiger partial charge < -0.3 is 14.1 Å². The number of hydrazine groups is 1. The smallest absolute Gasteiger partial charge is 0.289 e. The first kappa shape index (κ1) is 20.9. The number of ether oxygens (including phenoxy) is 1. The fraction of sp³-hybridized carbons (Fsp3) is 0.350. The molecule has 1 aromatic carbocycles. The van der Waals surface area contributed by atoms with E-state index in [-0.39, 0.29) is 17.7 Å². The predicted molar refractivity (Wildman–Crippen MR) is 108 cm³/mol. The normalized spacial score (nSPS) is 15.4. The standard InChI is InChI=1S/C20H22BrN3O5/c1-13(29-16-5-2-4-15(21)12-16)18(25)22-23-19(26)14-7-9-24(10-8-14)20(27)17-6-3-11-28-17/h2-6,11-14H,7-10H2,1H3,(H,22,25)(H,23,26). The lowest BCUT2D eigenvalue weighted by Crippen LogP contribution is -2.51. The van der Waals surface area contributed by atoms with Crippen LogP contribution in [0.3, 0.4) is 0 Å². The van der Waals surface area contributed by atoms with Crippen molar-refractivity contribution in [3.05, 3.63) is 52.9 Å². The molecule has 29 heavy (non-hydrogen) atoms. The third-order valence-corrected chi connectivity index (χ3v) is 5.17. The maximum absolute atomic E-state index is 12.3. The van der Waals surface area contributed by atoms with Gasteiger partial charge in [0.05, 0.1) is 6.26 Å². The van der Waals surface area contributed by atoms with Crippen molar-refractivity contribution in [1.29, 1.82) is 0 Å². The second kappa shape index (κ2) is 9.60. The quantitative estimate of drug-likeness (QED) is 0.663. The Morgan fingerprint density at radius 2 is 1.93 bits per heavy atom. The topological polar surface area (TPSA) is 101 Å². The van der Waals surface area contributed by atoms with Gasteiger partial charge in [-0.25, -0.2) is 0 Å². The molecule has 3 amide bonds. The number of furan rings is 1. The molecule has 1 aliphatic heterocycles. The summed E-state index contributed by atoms with van der Waals surface area (Å²) < 4.78 is 11.5. The van der Waals surface area contributed by atoms with E-state index in [1.807, 2.05) is 6.07 Å². The van der Waals surface area contributed by atoms with E-state index in [2.05, 4.69) is 26.8 Å². The van der Waals surface area contributed by atoms with Gasteiger partial charge in [-0.3, -0.25) is 25.2 Å². The highest BCUT2D eigenvalue weighted by Gasteiger charge is 2.29. The highest BCUT2D eigenvalue weighted by atomic mass is 79.9. The van der Waals surface area contributed by atoms with Gasteiger partial charge in [-0.15, -0.1) is 0 Å². The SMILES string of the molecule is CC(Oc1cccc(Br)c1)C(=O)NNC(=O)C1CCN(C(=O)c2ccco2)CC1. The summed E-state index contributed by atoms with van der Waals surface area (Å²) in [6.07, 6.45) is 1.70. The number of benzene rings is 1. The molecule has 1 saturated heterocycles. The zero-order valence-electron chi connectivity index (χ0n) is 15.9. The van der Waals surface area contributed by atoms with Crippen LogP contribution in [0.1, 0.15) is 30.3 Å². The third-order valence-electron chi connectivity index (χ3n) is 4.67. The van der Waals surface area contributed by atoms with Crippen molar-refractivity contribution in [3.8, 4) is 5.75 Å². The van der Waals surface area contributed by atoms with Crippen molar-refractivity contribution < 1.29 is 23.5 Å². The Labute approximate surface area is 176 Å². The highest BCUT2D eigenvalue weighted by molar-refractivity contribution is 9.10. The summed E-state index contributed by atoms with van der Waals surface area (Å²) in [6.45, 7) is 2.50. The van der Waals surface area contributed by atoms with Crippen molar-refractivity contribution in [2.45, 2.75) is 25.9 Å². The molecule has 1 atom stereocenters. The first-order valence-corrected chi connectivity index (χ1v) is 10.1. The first-order chi connectivity index (χ1) is 13.9. The molecule has 154 valence electrons. The van der Waals surface area contributed by atoms with Gasteiger partial charge in [0.25, 0.3) is 11.8 Å². The Bertz CT molecular complexity index is 863. The Kier molecular flexibility index (Phi) is 6.92. The number of carbonyl (C=O) groups is 3. The molecule has 2 heterocycles. The summed E-state index contributed by atoms with van der Waals surface area (Å²) in [6, 6.07) is 10.4. The molecule has 0 aliphatic carbocycles.